The van der Waals surface area contributed by atoms with E-state index in [0.29, 0.717) is 26.4 Å². The Morgan fingerprint density at radius 3 is 2.21 bits per heavy atom. The van der Waals surface area contributed by atoms with Gasteiger partial charge in [0.25, 0.3) is 0 Å². The first-order chi connectivity index (χ1) is 11.8. The Kier molecular flexibility index (Phi) is 13.0. The van der Waals surface area contributed by atoms with Crippen molar-refractivity contribution in [3.63, 3.8) is 0 Å². The summed E-state index contributed by atoms with van der Waals surface area (Å²) in [6.45, 7) is 5.32. The second kappa shape index (κ2) is 15.1. The van der Waals surface area contributed by atoms with Crippen molar-refractivity contribution in [2.24, 2.45) is 0 Å². The first kappa shape index (κ1) is 20.6. The molecule has 0 aromatic heterocycles. The molecule has 0 saturated carbocycles. The summed E-state index contributed by atoms with van der Waals surface area (Å²) in [5.41, 5.74) is 1.22. The van der Waals surface area contributed by atoms with Crippen LogP contribution in [0.4, 0.5) is 0 Å². The van der Waals surface area contributed by atoms with Crippen LogP contribution in [0.2, 0.25) is 0 Å². The van der Waals surface area contributed by atoms with Gasteiger partial charge in [0.15, 0.2) is 0 Å². The molecule has 0 N–H and O–H groups in total. The van der Waals surface area contributed by atoms with Crippen LogP contribution >= 0.6 is 0 Å². The van der Waals surface area contributed by atoms with E-state index in [-0.39, 0.29) is 12.6 Å². The summed E-state index contributed by atoms with van der Waals surface area (Å²) in [6.07, 6.45) is 4.40. The van der Waals surface area contributed by atoms with Gasteiger partial charge in [0, 0.05) is 13.2 Å². The van der Waals surface area contributed by atoms with Gasteiger partial charge in [-0.05, 0) is 25.3 Å². The van der Waals surface area contributed by atoms with Crippen LogP contribution in [0.1, 0.15) is 38.2 Å². The molecule has 0 aliphatic rings. The lowest BCUT2D eigenvalue weighted by atomic mass is 10.2. The number of esters is 1. The topological polar surface area (TPSA) is 54.0 Å². The van der Waals surface area contributed by atoms with E-state index in [2.05, 4.69) is 12.1 Å². The van der Waals surface area contributed by atoms with Crippen molar-refractivity contribution in [1.29, 1.82) is 0 Å². The largest absolute Gasteiger partial charge is 0.464 e. The molecule has 0 radical (unpaired) electrons. The van der Waals surface area contributed by atoms with Crippen LogP contribution in [0, 0.1) is 0 Å². The summed E-state index contributed by atoms with van der Waals surface area (Å²) in [7, 11) is 0. The van der Waals surface area contributed by atoms with Gasteiger partial charge in [-0.3, -0.25) is 0 Å². The van der Waals surface area contributed by atoms with Crippen LogP contribution in [0.25, 0.3) is 0 Å². The number of carbonyl (C=O) groups excluding carboxylic acids is 1. The quantitative estimate of drug-likeness (QED) is 0.362. The lowest BCUT2D eigenvalue weighted by molar-refractivity contribution is -0.148. The van der Waals surface area contributed by atoms with E-state index >= 15 is 0 Å². The maximum atomic E-state index is 11.0. The molecule has 0 atom stereocenters. The maximum Gasteiger partial charge on any atom is 0.332 e. The third-order valence-corrected chi connectivity index (χ3v) is 3.34. The van der Waals surface area contributed by atoms with E-state index < -0.39 is 0 Å². The number of hydrogen-bond acceptors (Lipinski definition) is 5. The highest BCUT2D eigenvalue weighted by Gasteiger charge is 2.00. The minimum absolute atomic E-state index is 0.000180. The molecule has 0 aliphatic heterocycles. The minimum Gasteiger partial charge on any atom is -0.464 e. The molecule has 24 heavy (non-hydrogen) atoms. The molecule has 0 saturated heterocycles. The molecule has 0 aliphatic carbocycles. The average Bonchev–Trinajstić information content (AvgIpc) is 2.60. The van der Waals surface area contributed by atoms with Gasteiger partial charge in [-0.2, -0.15) is 0 Å². The summed E-state index contributed by atoms with van der Waals surface area (Å²) in [5, 5.41) is 0. The van der Waals surface area contributed by atoms with E-state index in [1.807, 2.05) is 18.2 Å². The van der Waals surface area contributed by atoms with Crippen molar-refractivity contribution in [2.75, 3.05) is 39.6 Å². The minimum atomic E-state index is -0.327. The van der Waals surface area contributed by atoms with Gasteiger partial charge in [0.1, 0.15) is 6.61 Å². The highest BCUT2D eigenvalue weighted by atomic mass is 16.6. The number of carbonyl (C=O) groups is 1. The number of hydrogen-bond donors (Lipinski definition) is 0. The molecule has 136 valence electrons. The maximum absolute atomic E-state index is 11.0. The normalized spacial score (nSPS) is 10.7. The van der Waals surface area contributed by atoms with Crippen LogP contribution in [-0.4, -0.2) is 45.6 Å². The Bertz CT molecular complexity index is 407. The third-order valence-electron chi connectivity index (χ3n) is 3.34. The summed E-state index contributed by atoms with van der Waals surface area (Å²) in [4.78, 5) is 11.0. The van der Waals surface area contributed by atoms with Crippen molar-refractivity contribution in [3.8, 4) is 0 Å². The van der Waals surface area contributed by atoms with Crippen molar-refractivity contribution in [1.82, 2.24) is 0 Å². The smallest absolute Gasteiger partial charge is 0.332 e. The molecule has 1 aromatic rings. The Hall–Kier alpha value is -1.43. The molecular weight excluding hydrogens is 308 g/mol. The van der Waals surface area contributed by atoms with Gasteiger partial charge >= 0.3 is 5.97 Å². The molecule has 0 amide bonds. The van der Waals surface area contributed by atoms with Crippen molar-refractivity contribution in [2.45, 2.75) is 39.2 Å². The average molecular weight is 338 g/mol. The van der Waals surface area contributed by atoms with Crippen molar-refractivity contribution >= 4 is 5.97 Å². The highest BCUT2D eigenvalue weighted by molar-refractivity contribution is 5.70. The van der Waals surface area contributed by atoms with Gasteiger partial charge in [-0.25, -0.2) is 4.79 Å². The molecule has 1 aromatic carbocycles. The lowest BCUT2D eigenvalue weighted by Crippen LogP contribution is -2.15. The summed E-state index contributed by atoms with van der Waals surface area (Å²) in [5.74, 6) is -0.327. The zero-order chi connectivity index (χ0) is 17.3. The van der Waals surface area contributed by atoms with Gasteiger partial charge in [-0.15, -0.1) is 0 Å². The Morgan fingerprint density at radius 1 is 0.833 bits per heavy atom. The predicted molar refractivity (Wildman–Crippen MR) is 92.8 cm³/mol. The first-order valence-electron chi connectivity index (χ1n) is 8.75. The first-order valence-corrected chi connectivity index (χ1v) is 8.75. The van der Waals surface area contributed by atoms with Crippen LogP contribution in [-0.2, 0) is 30.3 Å². The molecule has 0 fully saturated rings. The van der Waals surface area contributed by atoms with E-state index in [1.54, 1.807) is 6.92 Å². The number of ether oxygens (including phenoxy) is 4. The number of unbranched alkanes of at least 4 members (excludes halogenated alkanes) is 3. The third kappa shape index (κ3) is 12.0. The van der Waals surface area contributed by atoms with Gasteiger partial charge < -0.3 is 18.9 Å². The molecule has 1 rings (SSSR count). The molecular formula is C19H30O5. The standard InChI is InChI=1S/C19H30O5/c1-2-24-19(20)17-23-15-14-21-12-8-3-4-9-13-22-16-18-10-6-5-7-11-18/h5-7,10-11H,2-4,8-9,12-17H2,1H3. The zero-order valence-electron chi connectivity index (χ0n) is 14.7. The molecule has 0 spiro atoms. The summed E-state index contributed by atoms with van der Waals surface area (Å²) < 4.78 is 21.0. The van der Waals surface area contributed by atoms with Crippen molar-refractivity contribution in [3.05, 3.63) is 35.9 Å². The highest BCUT2D eigenvalue weighted by Crippen LogP contribution is 2.04. The SMILES string of the molecule is CCOC(=O)COCCOCCCCCCOCc1ccccc1. The fourth-order valence-electron chi connectivity index (χ4n) is 2.10. The van der Waals surface area contributed by atoms with Gasteiger partial charge in [0.2, 0.25) is 0 Å². The summed E-state index contributed by atoms with van der Waals surface area (Å²) in [6, 6.07) is 10.2. The summed E-state index contributed by atoms with van der Waals surface area (Å²) >= 11 is 0. The van der Waals surface area contributed by atoms with E-state index in [0.717, 1.165) is 38.9 Å². The number of benzene rings is 1. The second-order valence-corrected chi connectivity index (χ2v) is 5.42. The van der Waals surface area contributed by atoms with E-state index in [4.69, 9.17) is 18.9 Å². The van der Waals surface area contributed by atoms with Crippen LogP contribution in [0.15, 0.2) is 30.3 Å². The fourth-order valence-corrected chi connectivity index (χ4v) is 2.10. The monoisotopic (exact) mass is 338 g/mol. The molecule has 5 heteroatoms. The van der Waals surface area contributed by atoms with Gasteiger partial charge in [-0.1, -0.05) is 43.2 Å². The van der Waals surface area contributed by atoms with Crippen LogP contribution < -0.4 is 0 Å². The molecule has 0 heterocycles. The molecule has 0 bridgehead atoms. The Labute approximate surface area is 145 Å². The molecule has 0 unspecified atom stereocenters. The van der Waals surface area contributed by atoms with Crippen molar-refractivity contribution < 1.29 is 23.7 Å². The fraction of sp³-hybridized carbons (Fsp3) is 0.632. The number of rotatable bonds is 15. The van der Waals surface area contributed by atoms with E-state index in [1.165, 1.54) is 5.56 Å². The van der Waals surface area contributed by atoms with Crippen LogP contribution in [0.3, 0.4) is 0 Å². The zero-order valence-corrected chi connectivity index (χ0v) is 14.7. The van der Waals surface area contributed by atoms with E-state index in [9.17, 15) is 4.79 Å². The Balaban J connectivity index is 1.75. The predicted octanol–water partition coefficient (Wildman–Crippen LogP) is 3.36. The van der Waals surface area contributed by atoms with Crippen LogP contribution in [0.5, 0.6) is 0 Å². The van der Waals surface area contributed by atoms with Gasteiger partial charge in [0.05, 0.1) is 26.4 Å². The molecule has 5 nitrogen and oxygen atoms in total. The lowest BCUT2D eigenvalue weighted by Gasteiger charge is -2.06. The Morgan fingerprint density at radius 2 is 1.50 bits per heavy atom. The second-order valence-electron chi connectivity index (χ2n) is 5.42.